The molecule has 0 aromatic heterocycles. The summed E-state index contributed by atoms with van der Waals surface area (Å²) in [6.45, 7) is 0.191. The van der Waals surface area contributed by atoms with Gasteiger partial charge in [-0.25, -0.2) is 4.39 Å². The zero-order chi connectivity index (χ0) is 13.9. The topological polar surface area (TPSA) is 15.7 Å². The molecule has 20 heavy (non-hydrogen) atoms. The molecule has 1 atom stereocenters. The van der Waals surface area contributed by atoms with Crippen molar-refractivity contribution >= 4 is 23.7 Å². The van der Waals surface area contributed by atoms with Gasteiger partial charge < -0.3 is 4.84 Å². The van der Waals surface area contributed by atoms with Crippen LogP contribution in [0.25, 0.3) is 11.1 Å². The van der Waals surface area contributed by atoms with Crippen LogP contribution >= 0.6 is 23.7 Å². The van der Waals surface area contributed by atoms with Gasteiger partial charge >= 0.3 is 0 Å². The summed E-state index contributed by atoms with van der Waals surface area (Å²) >= 11 is 6.64. The fraction of sp³-hybridized carbons (Fsp3) is 0.143. The van der Waals surface area contributed by atoms with E-state index in [4.69, 9.17) is 16.6 Å². The summed E-state index contributed by atoms with van der Waals surface area (Å²) in [6, 6.07) is 17.4. The Labute approximate surface area is 126 Å². The predicted octanol–water partition coefficient (Wildman–Crippen LogP) is 4.28. The van der Waals surface area contributed by atoms with Crippen LogP contribution in [0.15, 0.2) is 54.6 Å². The molecule has 2 aromatic rings. The van der Waals surface area contributed by atoms with Crippen molar-refractivity contribution in [1.29, 1.82) is 0 Å². The van der Waals surface area contributed by atoms with Gasteiger partial charge in [0.1, 0.15) is 6.67 Å². The van der Waals surface area contributed by atoms with Crippen LogP contribution in [-0.4, -0.2) is 21.2 Å². The maximum Gasteiger partial charge on any atom is 0.247 e. The fourth-order valence-corrected chi connectivity index (χ4v) is 2.84. The van der Waals surface area contributed by atoms with Crippen molar-refractivity contribution in [1.82, 2.24) is 8.89 Å². The number of hydrogen-bond donors (Lipinski definition) is 0. The van der Waals surface area contributed by atoms with Crippen LogP contribution in [0.4, 0.5) is 4.39 Å². The van der Waals surface area contributed by atoms with E-state index in [1.54, 1.807) is 0 Å². The van der Waals surface area contributed by atoms with E-state index in [0.717, 1.165) is 23.1 Å². The SMILES string of the molecule is FC1SN(Cl)CN1Oc1ccccc1-c1ccccc1. The van der Waals surface area contributed by atoms with Crippen LogP contribution in [0.2, 0.25) is 0 Å². The fourth-order valence-electron chi connectivity index (χ4n) is 1.95. The Morgan fingerprint density at radius 2 is 1.80 bits per heavy atom. The van der Waals surface area contributed by atoms with Crippen LogP contribution in [-0.2, 0) is 0 Å². The minimum atomic E-state index is -1.31. The summed E-state index contributed by atoms with van der Waals surface area (Å²) in [5, 5.41) is 1.21. The lowest BCUT2D eigenvalue weighted by atomic mass is 10.1. The first-order valence-electron chi connectivity index (χ1n) is 6.07. The molecule has 0 N–H and O–H groups in total. The van der Waals surface area contributed by atoms with Gasteiger partial charge in [-0.3, -0.25) is 0 Å². The van der Waals surface area contributed by atoms with Gasteiger partial charge in [-0.05, 0) is 35.4 Å². The molecular weight excluding hydrogens is 299 g/mol. The molecule has 0 bridgehead atoms. The number of alkyl halides is 1. The van der Waals surface area contributed by atoms with Crippen LogP contribution in [0.1, 0.15) is 0 Å². The van der Waals surface area contributed by atoms with Gasteiger partial charge in [-0.15, -0.1) is 3.82 Å². The standard InChI is InChI=1S/C14H12ClFN2OS/c15-18-10-17(14(16)20-18)19-13-9-5-4-8-12(13)11-6-2-1-3-7-11/h1-9,14H,10H2. The number of benzene rings is 2. The van der Waals surface area contributed by atoms with E-state index in [0.29, 0.717) is 5.75 Å². The van der Waals surface area contributed by atoms with E-state index < -0.39 is 5.63 Å². The molecule has 0 amide bonds. The number of hydroxylamine groups is 2. The normalized spacial score (nSPS) is 20.2. The van der Waals surface area contributed by atoms with Gasteiger partial charge in [0.15, 0.2) is 5.75 Å². The summed E-state index contributed by atoms with van der Waals surface area (Å²) in [5.74, 6) is 0.605. The molecule has 1 unspecified atom stereocenters. The second-order valence-electron chi connectivity index (χ2n) is 4.23. The molecule has 3 rings (SSSR count). The summed E-state index contributed by atoms with van der Waals surface area (Å²) in [6.07, 6.45) is 0. The van der Waals surface area contributed by atoms with Gasteiger partial charge in [0.2, 0.25) is 5.63 Å². The summed E-state index contributed by atoms with van der Waals surface area (Å²) in [5.41, 5.74) is 0.628. The number of rotatable bonds is 3. The maximum absolute atomic E-state index is 13.7. The van der Waals surface area contributed by atoms with Crippen molar-refractivity contribution in [2.45, 2.75) is 5.63 Å². The van der Waals surface area contributed by atoms with Crippen molar-refractivity contribution in [2.75, 3.05) is 6.67 Å². The third kappa shape index (κ3) is 2.91. The molecule has 1 aliphatic heterocycles. The molecule has 0 saturated carbocycles. The van der Waals surface area contributed by atoms with E-state index in [1.807, 2.05) is 54.6 Å². The van der Waals surface area contributed by atoms with Crippen LogP contribution < -0.4 is 4.84 Å². The highest BCUT2D eigenvalue weighted by atomic mass is 35.5. The molecule has 1 aliphatic rings. The quantitative estimate of drug-likeness (QED) is 0.477. The average molecular weight is 311 g/mol. The lowest BCUT2D eigenvalue weighted by Crippen LogP contribution is -2.30. The van der Waals surface area contributed by atoms with Crippen molar-refractivity contribution in [2.24, 2.45) is 0 Å². The number of hydrogen-bond acceptors (Lipinski definition) is 4. The summed E-state index contributed by atoms with van der Waals surface area (Å²) < 4.78 is 15.0. The van der Waals surface area contributed by atoms with Gasteiger partial charge in [0.25, 0.3) is 0 Å². The van der Waals surface area contributed by atoms with E-state index in [1.165, 1.54) is 8.89 Å². The first-order valence-corrected chi connectivity index (χ1v) is 7.25. The van der Waals surface area contributed by atoms with Gasteiger partial charge in [0.05, 0.1) is 0 Å². The van der Waals surface area contributed by atoms with Crippen molar-refractivity contribution < 1.29 is 9.23 Å². The molecule has 2 aromatic carbocycles. The van der Waals surface area contributed by atoms with Crippen molar-refractivity contribution in [3.8, 4) is 16.9 Å². The van der Waals surface area contributed by atoms with Crippen LogP contribution in [0.3, 0.4) is 0 Å². The van der Waals surface area contributed by atoms with Crippen molar-refractivity contribution in [3.05, 3.63) is 54.6 Å². The molecule has 1 saturated heterocycles. The maximum atomic E-state index is 13.7. The Balaban J connectivity index is 1.87. The lowest BCUT2D eigenvalue weighted by molar-refractivity contribution is -0.101. The molecule has 0 radical (unpaired) electrons. The van der Waals surface area contributed by atoms with Gasteiger partial charge in [-0.1, -0.05) is 53.6 Å². The lowest BCUT2D eigenvalue weighted by Gasteiger charge is -2.19. The second-order valence-corrected chi connectivity index (χ2v) is 5.88. The Morgan fingerprint density at radius 1 is 1.10 bits per heavy atom. The largest absolute Gasteiger partial charge is 0.400 e. The highest BCUT2D eigenvalue weighted by Gasteiger charge is 2.33. The van der Waals surface area contributed by atoms with E-state index in [2.05, 4.69) is 0 Å². The Kier molecular flexibility index (Phi) is 4.12. The van der Waals surface area contributed by atoms with E-state index in [9.17, 15) is 4.39 Å². The number of halogens is 2. The third-order valence-electron chi connectivity index (χ3n) is 2.87. The molecule has 1 heterocycles. The number of nitrogens with zero attached hydrogens (tertiary/aromatic N) is 2. The zero-order valence-corrected chi connectivity index (χ0v) is 12.0. The highest BCUT2D eigenvalue weighted by Crippen LogP contribution is 2.35. The minimum Gasteiger partial charge on any atom is -0.400 e. The van der Waals surface area contributed by atoms with Crippen LogP contribution in [0.5, 0.6) is 5.75 Å². The molecule has 104 valence electrons. The van der Waals surface area contributed by atoms with E-state index >= 15 is 0 Å². The summed E-state index contributed by atoms with van der Waals surface area (Å²) in [7, 11) is 0. The van der Waals surface area contributed by atoms with Gasteiger partial charge in [0, 0.05) is 5.56 Å². The molecule has 1 fully saturated rings. The van der Waals surface area contributed by atoms with E-state index in [-0.39, 0.29) is 6.67 Å². The average Bonchev–Trinajstić information content (AvgIpc) is 2.78. The smallest absolute Gasteiger partial charge is 0.247 e. The minimum absolute atomic E-state index is 0.191. The van der Waals surface area contributed by atoms with Crippen molar-refractivity contribution in [3.63, 3.8) is 0 Å². The molecular formula is C14H12ClFN2OS. The number of para-hydroxylation sites is 1. The first-order chi connectivity index (χ1) is 9.74. The zero-order valence-electron chi connectivity index (χ0n) is 10.4. The second kappa shape index (κ2) is 6.01. The summed E-state index contributed by atoms with van der Waals surface area (Å²) in [4.78, 5) is 5.65. The Bertz CT molecular complexity index is 586. The van der Waals surface area contributed by atoms with Crippen LogP contribution in [0, 0.1) is 0 Å². The Morgan fingerprint density at radius 3 is 2.50 bits per heavy atom. The third-order valence-corrected chi connectivity index (χ3v) is 3.97. The highest BCUT2D eigenvalue weighted by molar-refractivity contribution is 7.98. The predicted molar refractivity (Wildman–Crippen MR) is 79.4 cm³/mol. The molecule has 0 spiro atoms. The monoisotopic (exact) mass is 310 g/mol. The molecule has 3 nitrogen and oxygen atoms in total. The Hall–Kier alpha value is -1.27. The first kappa shape index (κ1) is 13.7. The van der Waals surface area contributed by atoms with Gasteiger partial charge in [-0.2, -0.15) is 0 Å². The molecule has 0 aliphatic carbocycles. The molecule has 6 heteroatoms.